The molecule has 1 aliphatic rings. The lowest BCUT2D eigenvalue weighted by atomic mass is 9.88. The molecular weight excluding hydrogens is 240 g/mol. The number of hydrogen-bond acceptors (Lipinski definition) is 3. The van der Waals surface area contributed by atoms with E-state index in [9.17, 15) is 0 Å². The van der Waals surface area contributed by atoms with E-state index in [-0.39, 0.29) is 0 Å². The van der Waals surface area contributed by atoms with E-state index in [1.165, 1.54) is 19.3 Å². The van der Waals surface area contributed by atoms with Crippen LogP contribution in [0.2, 0.25) is 0 Å². The lowest BCUT2D eigenvalue weighted by Gasteiger charge is -2.23. The van der Waals surface area contributed by atoms with E-state index in [2.05, 4.69) is 35.9 Å². The third-order valence-electron chi connectivity index (χ3n) is 3.60. The molecule has 1 aliphatic carbocycles. The Balaban J connectivity index is 1.63. The average Bonchev–Trinajstić information content (AvgIpc) is 2.82. The fourth-order valence-corrected chi connectivity index (χ4v) is 3.65. The van der Waals surface area contributed by atoms with Gasteiger partial charge in [0.1, 0.15) is 0 Å². The van der Waals surface area contributed by atoms with Crippen molar-refractivity contribution >= 4 is 11.3 Å². The quantitative estimate of drug-likeness (QED) is 0.741. The van der Waals surface area contributed by atoms with Crippen LogP contribution >= 0.6 is 11.3 Å². The Morgan fingerprint density at radius 2 is 2.17 bits per heavy atom. The summed E-state index contributed by atoms with van der Waals surface area (Å²) in [6.45, 7) is 8.94. The van der Waals surface area contributed by atoms with E-state index < -0.39 is 0 Å². The second-order valence-corrected chi connectivity index (χ2v) is 6.69. The Labute approximate surface area is 115 Å². The highest BCUT2D eigenvalue weighted by molar-refractivity contribution is 7.10. The van der Waals surface area contributed by atoms with Crippen LogP contribution in [0.25, 0.3) is 0 Å². The van der Waals surface area contributed by atoms with Crippen LogP contribution in [-0.2, 0) is 6.42 Å². The largest absolute Gasteiger partial charge is 0.315 e. The molecule has 0 spiro atoms. The molecule has 1 unspecified atom stereocenters. The minimum absolute atomic E-state index is 0.747. The Bertz CT molecular complexity index is 346. The predicted octanol–water partition coefficient (Wildman–Crippen LogP) is 3.00. The van der Waals surface area contributed by atoms with Crippen molar-refractivity contribution in [1.82, 2.24) is 10.6 Å². The second-order valence-electron chi connectivity index (χ2n) is 5.69. The van der Waals surface area contributed by atoms with Gasteiger partial charge >= 0.3 is 0 Å². The van der Waals surface area contributed by atoms with E-state index in [0.29, 0.717) is 0 Å². The smallest absolute Gasteiger partial charge is 0.00805 e. The van der Waals surface area contributed by atoms with Crippen molar-refractivity contribution in [2.45, 2.75) is 39.0 Å². The Hall–Kier alpha value is -0.380. The van der Waals surface area contributed by atoms with Crippen LogP contribution in [0.4, 0.5) is 0 Å². The van der Waals surface area contributed by atoms with Crippen LogP contribution < -0.4 is 10.6 Å². The van der Waals surface area contributed by atoms with Crippen LogP contribution in [0.5, 0.6) is 0 Å². The standard InChI is InChI=1S/C15H26N2S/c1-12(2)10-16-7-8-17-11-13-4-3-5-15-14(13)6-9-18-15/h6,9,12-13,16-17H,3-5,7-8,10-11H2,1-2H3. The van der Waals surface area contributed by atoms with Gasteiger partial charge in [0.2, 0.25) is 0 Å². The molecule has 2 rings (SSSR count). The van der Waals surface area contributed by atoms with Gasteiger partial charge in [0.15, 0.2) is 0 Å². The molecule has 1 heterocycles. The molecule has 0 fully saturated rings. The maximum atomic E-state index is 3.60. The SMILES string of the molecule is CC(C)CNCCNCC1CCCc2sccc21. The number of rotatable bonds is 7. The van der Waals surface area contributed by atoms with Gasteiger partial charge in [-0.3, -0.25) is 0 Å². The van der Waals surface area contributed by atoms with Gasteiger partial charge in [-0.05, 0) is 54.7 Å². The van der Waals surface area contributed by atoms with Crippen LogP contribution in [0.15, 0.2) is 11.4 Å². The van der Waals surface area contributed by atoms with Gasteiger partial charge in [-0.25, -0.2) is 0 Å². The molecule has 0 radical (unpaired) electrons. The summed E-state index contributed by atoms with van der Waals surface area (Å²) < 4.78 is 0. The van der Waals surface area contributed by atoms with E-state index in [0.717, 1.165) is 38.0 Å². The minimum Gasteiger partial charge on any atom is -0.315 e. The van der Waals surface area contributed by atoms with Crippen molar-refractivity contribution in [2.75, 3.05) is 26.2 Å². The lowest BCUT2D eigenvalue weighted by Crippen LogP contribution is -2.32. The Kier molecular flexibility index (Phi) is 5.67. The molecule has 102 valence electrons. The van der Waals surface area contributed by atoms with E-state index in [1.54, 1.807) is 10.4 Å². The highest BCUT2D eigenvalue weighted by Gasteiger charge is 2.20. The summed E-state index contributed by atoms with van der Waals surface area (Å²) in [5.74, 6) is 1.50. The van der Waals surface area contributed by atoms with Crippen molar-refractivity contribution in [3.63, 3.8) is 0 Å². The van der Waals surface area contributed by atoms with Crippen molar-refractivity contribution < 1.29 is 0 Å². The Morgan fingerprint density at radius 1 is 1.33 bits per heavy atom. The number of thiophene rings is 1. The van der Waals surface area contributed by atoms with Gasteiger partial charge in [0, 0.05) is 24.5 Å². The van der Waals surface area contributed by atoms with Gasteiger partial charge < -0.3 is 10.6 Å². The van der Waals surface area contributed by atoms with Crippen molar-refractivity contribution in [3.05, 3.63) is 21.9 Å². The summed E-state index contributed by atoms with van der Waals surface area (Å²) >= 11 is 1.94. The van der Waals surface area contributed by atoms with Crippen LogP contribution in [0.3, 0.4) is 0 Å². The molecule has 0 saturated carbocycles. The zero-order chi connectivity index (χ0) is 12.8. The first kappa shape index (κ1) is 14.0. The summed E-state index contributed by atoms with van der Waals surface area (Å²) in [5.41, 5.74) is 1.62. The third-order valence-corrected chi connectivity index (χ3v) is 4.59. The van der Waals surface area contributed by atoms with Crippen LogP contribution in [0, 0.1) is 5.92 Å². The molecule has 1 aromatic heterocycles. The molecule has 1 aromatic rings. The molecule has 2 N–H and O–H groups in total. The first-order chi connectivity index (χ1) is 8.77. The summed E-state index contributed by atoms with van der Waals surface area (Å²) in [5, 5.41) is 9.34. The van der Waals surface area contributed by atoms with Crippen molar-refractivity contribution in [2.24, 2.45) is 5.92 Å². The second kappa shape index (κ2) is 7.27. The zero-order valence-electron chi connectivity index (χ0n) is 11.7. The number of nitrogens with one attached hydrogen (secondary N) is 2. The first-order valence-electron chi connectivity index (χ1n) is 7.25. The molecule has 1 atom stereocenters. The molecule has 3 heteroatoms. The average molecular weight is 266 g/mol. The lowest BCUT2D eigenvalue weighted by molar-refractivity contribution is 0.492. The monoisotopic (exact) mass is 266 g/mol. The maximum absolute atomic E-state index is 3.60. The summed E-state index contributed by atoms with van der Waals surface area (Å²) in [4.78, 5) is 1.63. The molecule has 0 saturated heterocycles. The fourth-order valence-electron chi connectivity index (χ4n) is 2.64. The summed E-state index contributed by atoms with van der Waals surface area (Å²) in [6, 6.07) is 2.34. The number of fused-ring (bicyclic) bond motifs is 1. The van der Waals surface area contributed by atoms with Gasteiger partial charge in [0.25, 0.3) is 0 Å². The molecule has 0 aliphatic heterocycles. The van der Waals surface area contributed by atoms with Gasteiger partial charge in [0.05, 0.1) is 0 Å². The molecule has 18 heavy (non-hydrogen) atoms. The fraction of sp³-hybridized carbons (Fsp3) is 0.733. The topological polar surface area (TPSA) is 24.1 Å². The number of hydrogen-bond donors (Lipinski definition) is 2. The molecule has 0 aromatic carbocycles. The van der Waals surface area contributed by atoms with Crippen LogP contribution in [-0.4, -0.2) is 26.2 Å². The van der Waals surface area contributed by atoms with Crippen molar-refractivity contribution in [1.29, 1.82) is 0 Å². The highest BCUT2D eigenvalue weighted by Crippen LogP contribution is 2.34. The molecule has 0 amide bonds. The normalized spacial score (nSPS) is 19.2. The van der Waals surface area contributed by atoms with Gasteiger partial charge in [-0.2, -0.15) is 0 Å². The highest BCUT2D eigenvalue weighted by atomic mass is 32.1. The number of aryl methyl sites for hydroxylation is 1. The van der Waals surface area contributed by atoms with E-state index in [1.807, 2.05) is 11.3 Å². The van der Waals surface area contributed by atoms with Gasteiger partial charge in [-0.15, -0.1) is 11.3 Å². The van der Waals surface area contributed by atoms with Gasteiger partial charge in [-0.1, -0.05) is 13.8 Å². The van der Waals surface area contributed by atoms with E-state index >= 15 is 0 Å². The zero-order valence-corrected chi connectivity index (χ0v) is 12.5. The summed E-state index contributed by atoms with van der Waals surface area (Å²) in [6.07, 6.45) is 4.03. The van der Waals surface area contributed by atoms with Crippen molar-refractivity contribution in [3.8, 4) is 0 Å². The Morgan fingerprint density at radius 3 is 3.00 bits per heavy atom. The van der Waals surface area contributed by atoms with E-state index in [4.69, 9.17) is 0 Å². The maximum Gasteiger partial charge on any atom is 0.00805 e. The molecule has 0 bridgehead atoms. The minimum atomic E-state index is 0.747. The summed E-state index contributed by atoms with van der Waals surface area (Å²) in [7, 11) is 0. The molecule has 2 nitrogen and oxygen atoms in total. The van der Waals surface area contributed by atoms with Crippen LogP contribution in [0.1, 0.15) is 43.0 Å². The molecular formula is C15H26N2S. The third kappa shape index (κ3) is 4.08. The predicted molar refractivity (Wildman–Crippen MR) is 80.6 cm³/mol. The first-order valence-corrected chi connectivity index (χ1v) is 8.13.